The number of fused-ring (bicyclic) bond motifs is 1. The molecule has 0 spiro atoms. The van der Waals surface area contributed by atoms with Gasteiger partial charge in [0.25, 0.3) is 0 Å². The number of hydrogen-bond donors (Lipinski definition) is 0. The fraction of sp³-hybridized carbons (Fsp3) is 0.312. The summed E-state index contributed by atoms with van der Waals surface area (Å²) in [5.74, 6) is 1.22. The van der Waals surface area contributed by atoms with Crippen LogP contribution in [0.2, 0.25) is 5.28 Å². The lowest BCUT2D eigenvalue weighted by molar-refractivity contribution is -0.0269. The van der Waals surface area contributed by atoms with Gasteiger partial charge < -0.3 is 14.2 Å². The first-order valence-electron chi connectivity index (χ1n) is 7.49. The summed E-state index contributed by atoms with van der Waals surface area (Å²) in [5, 5.41) is 5.25. The van der Waals surface area contributed by atoms with Crippen LogP contribution in [0.4, 0.5) is 0 Å². The molecular weight excluding hydrogens is 332 g/mol. The van der Waals surface area contributed by atoms with Crippen molar-refractivity contribution in [1.29, 1.82) is 0 Å². The first kappa shape index (κ1) is 15.2. The van der Waals surface area contributed by atoms with Gasteiger partial charge in [0, 0.05) is 0 Å². The second kappa shape index (κ2) is 6.26. The van der Waals surface area contributed by atoms with Gasteiger partial charge in [0.05, 0.1) is 26.5 Å². The van der Waals surface area contributed by atoms with E-state index in [4.69, 9.17) is 25.8 Å². The Kier molecular flexibility index (Phi) is 3.95. The summed E-state index contributed by atoms with van der Waals surface area (Å²) >= 11 is 6.05. The Balaban J connectivity index is 1.59. The predicted octanol–water partition coefficient (Wildman–Crippen LogP) is 2.64. The Labute approximate surface area is 143 Å². The summed E-state index contributed by atoms with van der Waals surface area (Å²) in [6.07, 6.45) is 1.70. The van der Waals surface area contributed by atoms with Gasteiger partial charge in [0.1, 0.15) is 23.8 Å². The van der Waals surface area contributed by atoms with Crippen molar-refractivity contribution >= 4 is 22.6 Å². The molecule has 2 aromatic heterocycles. The third kappa shape index (κ3) is 2.76. The van der Waals surface area contributed by atoms with Crippen LogP contribution in [0.5, 0.6) is 11.6 Å². The zero-order chi connectivity index (χ0) is 16.5. The number of hydrogen-bond acceptors (Lipinski definition) is 6. The van der Waals surface area contributed by atoms with Crippen molar-refractivity contribution in [3.8, 4) is 11.6 Å². The zero-order valence-corrected chi connectivity index (χ0v) is 13.7. The van der Waals surface area contributed by atoms with Crippen LogP contribution in [0, 0.1) is 0 Å². The Hall–Kier alpha value is -2.38. The maximum absolute atomic E-state index is 6.05. The number of halogens is 1. The molecule has 0 unspecified atom stereocenters. The molecule has 7 nitrogen and oxygen atoms in total. The molecule has 24 heavy (non-hydrogen) atoms. The quantitative estimate of drug-likeness (QED) is 0.661. The minimum Gasteiger partial charge on any atom is -0.497 e. The molecule has 1 fully saturated rings. The Morgan fingerprint density at radius 2 is 2.04 bits per heavy atom. The molecule has 3 aromatic rings. The molecular formula is C16H15ClN4O3. The summed E-state index contributed by atoms with van der Waals surface area (Å²) in [7, 11) is 1.63. The van der Waals surface area contributed by atoms with Gasteiger partial charge in [0.2, 0.25) is 11.2 Å². The molecule has 1 aliphatic heterocycles. The van der Waals surface area contributed by atoms with E-state index in [9.17, 15) is 0 Å². The summed E-state index contributed by atoms with van der Waals surface area (Å²) in [6.45, 7) is 1.62. The maximum Gasteiger partial charge on any atom is 0.229 e. The topological polar surface area (TPSA) is 71.3 Å². The third-order valence-electron chi connectivity index (χ3n) is 3.89. The van der Waals surface area contributed by atoms with E-state index in [1.807, 2.05) is 28.9 Å². The van der Waals surface area contributed by atoms with E-state index >= 15 is 0 Å². The van der Waals surface area contributed by atoms with E-state index in [2.05, 4.69) is 15.1 Å². The van der Waals surface area contributed by atoms with E-state index < -0.39 is 0 Å². The highest BCUT2D eigenvalue weighted by atomic mass is 35.5. The molecule has 1 aromatic carbocycles. The number of methoxy groups -OCH3 is 1. The van der Waals surface area contributed by atoms with Gasteiger partial charge in [-0.15, -0.1) is 0 Å². The standard InChI is InChI=1S/C16H15ClN4O3/c1-22-12-4-2-10(3-5-12)7-24-15-13-6-18-21(11-8-23-9-11)14(13)19-16(17)20-15/h2-6,11H,7-9H2,1H3. The first-order chi connectivity index (χ1) is 11.7. The normalized spacial score (nSPS) is 14.6. The van der Waals surface area contributed by atoms with Crippen molar-refractivity contribution in [2.75, 3.05) is 20.3 Å². The highest BCUT2D eigenvalue weighted by molar-refractivity contribution is 6.28. The maximum atomic E-state index is 6.05. The molecule has 0 bridgehead atoms. The van der Waals surface area contributed by atoms with Crippen LogP contribution >= 0.6 is 11.6 Å². The molecule has 3 heterocycles. The smallest absolute Gasteiger partial charge is 0.229 e. The molecule has 0 amide bonds. The van der Waals surface area contributed by atoms with Crippen molar-refractivity contribution in [3.63, 3.8) is 0 Å². The van der Waals surface area contributed by atoms with Crippen LogP contribution in [0.15, 0.2) is 30.5 Å². The van der Waals surface area contributed by atoms with Crippen molar-refractivity contribution < 1.29 is 14.2 Å². The minimum atomic E-state index is 0.134. The van der Waals surface area contributed by atoms with Gasteiger partial charge in [-0.25, -0.2) is 4.68 Å². The fourth-order valence-electron chi connectivity index (χ4n) is 2.49. The minimum absolute atomic E-state index is 0.134. The lowest BCUT2D eigenvalue weighted by Gasteiger charge is -2.26. The molecule has 4 rings (SSSR count). The number of nitrogens with zero attached hydrogens (tertiary/aromatic N) is 4. The van der Waals surface area contributed by atoms with Gasteiger partial charge in [-0.05, 0) is 29.3 Å². The highest BCUT2D eigenvalue weighted by Gasteiger charge is 2.25. The second-order valence-electron chi connectivity index (χ2n) is 5.45. The number of aromatic nitrogens is 4. The van der Waals surface area contributed by atoms with Crippen molar-refractivity contribution in [3.05, 3.63) is 41.3 Å². The fourth-order valence-corrected chi connectivity index (χ4v) is 2.65. The zero-order valence-electron chi connectivity index (χ0n) is 13.0. The van der Waals surface area contributed by atoms with Crippen LogP contribution in [-0.4, -0.2) is 40.1 Å². The van der Waals surface area contributed by atoms with Crippen molar-refractivity contribution in [2.45, 2.75) is 12.6 Å². The van der Waals surface area contributed by atoms with E-state index in [0.717, 1.165) is 16.7 Å². The van der Waals surface area contributed by atoms with Crippen molar-refractivity contribution in [1.82, 2.24) is 19.7 Å². The van der Waals surface area contributed by atoms with Crippen LogP contribution < -0.4 is 9.47 Å². The number of rotatable bonds is 5. The molecule has 0 saturated carbocycles. The average Bonchev–Trinajstić information content (AvgIpc) is 2.95. The van der Waals surface area contributed by atoms with E-state index in [1.54, 1.807) is 13.3 Å². The van der Waals surface area contributed by atoms with E-state index in [1.165, 1.54) is 0 Å². The Bertz CT molecular complexity index is 862. The average molecular weight is 347 g/mol. The third-order valence-corrected chi connectivity index (χ3v) is 4.06. The molecule has 0 atom stereocenters. The van der Waals surface area contributed by atoms with Crippen LogP contribution in [0.3, 0.4) is 0 Å². The summed E-state index contributed by atoms with van der Waals surface area (Å²) in [5.41, 5.74) is 1.66. The van der Waals surface area contributed by atoms with Gasteiger partial charge in [-0.2, -0.15) is 15.1 Å². The Morgan fingerprint density at radius 3 is 2.71 bits per heavy atom. The monoisotopic (exact) mass is 346 g/mol. The lowest BCUT2D eigenvalue weighted by Crippen LogP contribution is -2.31. The molecule has 124 valence electrons. The van der Waals surface area contributed by atoms with Crippen LogP contribution in [0.25, 0.3) is 11.0 Å². The summed E-state index contributed by atoms with van der Waals surface area (Å²) in [6, 6.07) is 7.83. The largest absolute Gasteiger partial charge is 0.497 e. The molecule has 0 radical (unpaired) electrons. The van der Waals surface area contributed by atoms with E-state index in [0.29, 0.717) is 31.3 Å². The second-order valence-corrected chi connectivity index (χ2v) is 5.79. The number of ether oxygens (including phenoxy) is 3. The summed E-state index contributed by atoms with van der Waals surface area (Å²) in [4.78, 5) is 8.47. The molecule has 0 aliphatic carbocycles. The Morgan fingerprint density at radius 1 is 1.25 bits per heavy atom. The first-order valence-corrected chi connectivity index (χ1v) is 7.86. The summed E-state index contributed by atoms with van der Waals surface area (Å²) < 4.78 is 18.0. The molecule has 1 aliphatic rings. The number of benzene rings is 1. The lowest BCUT2D eigenvalue weighted by atomic mass is 10.2. The molecule has 1 saturated heterocycles. The van der Waals surface area contributed by atoms with E-state index in [-0.39, 0.29) is 11.3 Å². The van der Waals surface area contributed by atoms with Crippen LogP contribution in [0.1, 0.15) is 11.6 Å². The van der Waals surface area contributed by atoms with Gasteiger partial charge >= 0.3 is 0 Å². The van der Waals surface area contributed by atoms with Gasteiger partial charge in [0.15, 0.2) is 5.65 Å². The van der Waals surface area contributed by atoms with Crippen LogP contribution in [-0.2, 0) is 11.3 Å². The van der Waals surface area contributed by atoms with Gasteiger partial charge in [-0.1, -0.05) is 12.1 Å². The predicted molar refractivity (Wildman–Crippen MR) is 87.5 cm³/mol. The highest BCUT2D eigenvalue weighted by Crippen LogP contribution is 2.28. The van der Waals surface area contributed by atoms with Crippen molar-refractivity contribution in [2.24, 2.45) is 0 Å². The van der Waals surface area contributed by atoms with Gasteiger partial charge in [-0.3, -0.25) is 0 Å². The molecule has 8 heteroatoms. The molecule has 0 N–H and O–H groups in total. The SMILES string of the molecule is COc1ccc(COc2nc(Cl)nc3c2cnn3C2COC2)cc1.